The molecule has 25 heteroatoms. The summed E-state index contributed by atoms with van der Waals surface area (Å²) in [6, 6.07) is 27.0. The van der Waals surface area contributed by atoms with Crippen LogP contribution in [0.15, 0.2) is 139 Å². The predicted molar refractivity (Wildman–Crippen MR) is 347 cm³/mol. The van der Waals surface area contributed by atoms with Gasteiger partial charge < -0.3 is 64.6 Å². The zero-order valence-electron chi connectivity index (χ0n) is 54.8. The van der Waals surface area contributed by atoms with Gasteiger partial charge in [-0.2, -0.15) is 0 Å². The molecule has 3 aliphatic carbocycles. The van der Waals surface area contributed by atoms with Gasteiger partial charge in [0.2, 0.25) is 17.9 Å². The van der Waals surface area contributed by atoms with Crippen LogP contribution in [0.5, 0.6) is 5.75 Å². The first-order chi connectivity index (χ1) is 46.3. The number of fused-ring (bicyclic) bond motifs is 5. The average molecular weight is 1340 g/mol. The Labute approximate surface area is 560 Å². The van der Waals surface area contributed by atoms with Gasteiger partial charge >= 0.3 is 29.8 Å². The normalized spacial score (nSPS) is 24.4. The molecule has 3 fully saturated rings. The monoisotopic (exact) mass is 1340 g/mol. The quantitative estimate of drug-likeness (QED) is 0.0111. The van der Waals surface area contributed by atoms with Crippen molar-refractivity contribution in [1.82, 2.24) is 20.9 Å². The minimum absolute atomic E-state index is 0.00765. The van der Waals surface area contributed by atoms with Crippen LogP contribution in [0, 0.1) is 17.3 Å². The van der Waals surface area contributed by atoms with Crippen LogP contribution >= 0.6 is 0 Å². The molecule has 2 aliphatic heterocycles. The molecule has 514 valence electrons. The molecule has 0 radical (unpaired) electrons. The number of nitrogens with one attached hydrogen (secondary N) is 3. The number of phenols is 1. The van der Waals surface area contributed by atoms with E-state index >= 15 is 9.59 Å². The predicted octanol–water partition coefficient (Wildman–Crippen LogP) is 5.25. The number of imide groups is 1. The molecule has 97 heavy (non-hydrogen) atoms. The lowest BCUT2D eigenvalue weighted by molar-refractivity contribution is -0.332. The van der Waals surface area contributed by atoms with Crippen molar-refractivity contribution in [2.24, 2.45) is 17.3 Å². The lowest BCUT2D eigenvalue weighted by Gasteiger charge is -2.64. The minimum atomic E-state index is -2.51. The number of likely N-dealkylation sites (N-methyl/N-ethyl adjacent to an activating group) is 1. The van der Waals surface area contributed by atoms with Crippen LogP contribution in [0.2, 0.25) is 0 Å². The Hall–Kier alpha value is -9.85. The van der Waals surface area contributed by atoms with Gasteiger partial charge in [0.05, 0.1) is 30.1 Å². The second kappa shape index (κ2) is 30.9. The van der Waals surface area contributed by atoms with Crippen LogP contribution in [0.25, 0.3) is 6.08 Å². The fourth-order valence-corrected chi connectivity index (χ4v) is 13.5. The number of aliphatic hydroxyl groups is 2. The number of unbranched alkanes of at least 4 members (excludes halogenated alkanes) is 2. The van der Waals surface area contributed by atoms with Crippen LogP contribution in [-0.4, -0.2) is 173 Å². The molecule has 5 amide bonds. The fourth-order valence-electron chi connectivity index (χ4n) is 13.5. The third-order valence-electron chi connectivity index (χ3n) is 18.6. The van der Waals surface area contributed by atoms with Crippen molar-refractivity contribution >= 4 is 76.9 Å². The molecule has 4 aromatic rings. The molecular formula is C72H81N5O20. The highest BCUT2D eigenvalue weighted by atomic mass is 16.6. The molecule has 2 heterocycles. The molecule has 4 aromatic carbocycles. The number of benzene rings is 4. The van der Waals surface area contributed by atoms with Crippen molar-refractivity contribution in [2.75, 3.05) is 44.2 Å². The van der Waals surface area contributed by atoms with Gasteiger partial charge in [-0.3, -0.25) is 43.3 Å². The van der Waals surface area contributed by atoms with Gasteiger partial charge in [-0.25, -0.2) is 14.4 Å². The maximum absolute atomic E-state index is 15.6. The number of hydrogen-bond acceptors (Lipinski definition) is 21. The summed E-state index contributed by atoms with van der Waals surface area (Å²) >= 11 is 0. The van der Waals surface area contributed by atoms with Crippen LogP contribution in [0.4, 0.5) is 5.69 Å². The molecule has 9 rings (SSSR count). The Morgan fingerprint density at radius 2 is 1.41 bits per heavy atom. The Morgan fingerprint density at radius 1 is 0.773 bits per heavy atom. The number of amides is 5. The van der Waals surface area contributed by atoms with Gasteiger partial charge in [-0.15, -0.1) is 0 Å². The maximum atomic E-state index is 15.6. The van der Waals surface area contributed by atoms with Crippen LogP contribution < -0.4 is 20.9 Å². The van der Waals surface area contributed by atoms with Crippen molar-refractivity contribution < 1.29 is 96.5 Å². The first-order valence-corrected chi connectivity index (χ1v) is 32.3. The number of aromatic hydroxyl groups is 1. The van der Waals surface area contributed by atoms with E-state index in [0.29, 0.717) is 44.6 Å². The summed E-state index contributed by atoms with van der Waals surface area (Å²) in [4.78, 5) is 152. The van der Waals surface area contributed by atoms with Gasteiger partial charge in [-0.1, -0.05) is 87.0 Å². The maximum Gasteiger partial charge on any atom is 0.350 e. The molecule has 1 saturated heterocycles. The number of ketones is 1. The van der Waals surface area contributed by atoms with E-state index in [-0.39, 0.29) is 89.9 Å². The minimum Gasteiger partial charge on any atom is -0.507 e. The number of carbonyl (C=O) groups is 11. The number of phenolic OH excluding ortho intramolecular Hbond substituents is 1. The molecule has 25 nitrogen and oxygen atoms in total. The molecule has 0 spiro atoms. The van der Waals surface area contributed by atoms with Crippen LogP contribution in [0.1, 0.15) is 124 Å². The molecule has 2 saturated carbocycles. The number of anilines is 1. The van der Waals surface area contributed by atoms with E-state index < -0.39 is 131 Å². The number of esters is 5. The van der Waals surface area contributed by atoms with Gasteiger partial charge in [0.25, 0.3) is 17.7 Å². The molecule has 11 atom stereocenters. The van der Waals surface area contributed by atoms with Crippen LogP contribution in [0.3, 0.4) is 0 Å². The second-order valence-electron chi connectivity index (χ2n) is 25.3. The SMILES string of the molecule is CCN(CCNC(=O)CCCCCNC(=O)CCN1C(=O)C=CC1=O)c1ccc(/C=C(\C)C(=O)OC(C(=O)OC2C=C3C(OC(C)=O)C(=O)C4C([C@H](OC(=O)c5ccccc5)[C@](O)(C2)C3(C)C)[C@]2(OC(C)=O)CO[C@@H]2C[C@@H]4O)[C@@H](NC(=O)c2ccccc2)c2ccccc2)c(O)c1. The second-order valence-corrected chi connectivity index (χ2v) is 25.3. The third kappa shape index (κ3) is 16.0. The van der Waals surface area contributed by atoms with E-state index in [1.807, 2.05) is 11.8 Å². The van der Waals surface area contributed by atoms with E-state index in [9.17, 15) is 58.5 Å². The Balaban J connectivity index is 0.963. The summed E-state index contributed by atoms with van der Waals surface area (Å²) in [6.45, 7) is 9.54. The highest BCUT2D eigenvalue weighted by Gasteiger charge is 2.74. The number of aliphatic hydroxyl groups excluding tert-OH is 1. The summed E-state index contributed by atoms with van der Waals surface area (Å²) in [5, 5.41) is 46.0. The Kier molecular flexibility index (Phi) is 22.8. The number of rotatable bonds is 27. The van der Waals surface area contributed by atoms with Crippen molar-refractivity contribution in [3.63, 3.8) is 0 Å². The number of ether oxygens (including phenoxy) is 6. The van der Waals surface area contributed by atoms with Crippen LogP contribution in [-0.2, 0) is 71.6 Å². The summed E-state index contributed by atoms with van der Waals surface area (Å²) in [6.07, 6.45) is -4.14. The first-order valence-electron chi connectivity index (χ1n) is 32.3. The summed E-state index contributed by atoms with van der Waals surface area (Å²) in [5.41, 5.74) is -5.22. The largest absolute Gasteiger partial charge is 0.507 e. The standard InChI is InChI=1S/C72H81N5O20/c1-7-76(35-33-74-55(82)26-18-11-19-32-73-56(83)31-34-77-57(84)29-30-58(77)85)49-28-27-48(52(80)37-49)36-42(2)67(88)95-64(61(45-20-12-8-13-21-45)75-66(87)46-22-14-9-15-23-46)69(90)94-50-38-51-63(93-43(3)78)62(86)59-53(81)39-54-71(41-92-54,97-44(4)79)60(59)65(72(91,40-50)70(51,5)6)96-68(89)47-24-16-10-17-25-47/h8-10,12-17,20-25,27-30,36-38,50,53-54,59-61,63-65,80-81,91H,7,11,18-19,26,31-35,39-41H2,1-6H3,(H,73,83)(H,74,82)(H,75,87)/b42-36+/t50?,53-,54+,59?,60?,61-,63?,64?,65-,71-,72+/m0/s1. The van der Waals surface area contributed by atoms with E-state index in [4.69, 9.17) is 28.4 Å². The first kappa shape index (κ1) is 71.4. The fraction of sp³-hybridized carbons (Fsp3) is 0.431. The van der Waals surface area contributed by atoms with Gasteiger partial charge in [0, 0.05) is 118 Å². The topological polar surface area (TPSA) is 346 Å². The summed E-state index contributed by atoms with van der Waals surface area (Å²) < 4.78 is 36.8. The molecule has 6 N–H and O–H groups in total. The van der Waals surface area contributed by atoms with Crippen molar-refractivity contribution in [3.8, 4) is 5.75 Å². The molecule has 5 unspecified atom stereocenters. The highest BCUT2D eigenvalue weighted by Crippen LogP contribution is 2.60. The van der Waals surface area contributed by atoms with Crippen molar-refractivity contribution in [3.05, 3.63) is 161 Å². The molecule has 0 aromatic heterocycles. The smallest absolute Gasteiger partial charge is 0.350 e. The van der Waals surface area contributed by atoms with E-state index in [1.165, 1.54) is 63.3 Å². The third-order valence-corrected chi connectivity index (χ3v) is 18.6. The zero-order valence-corrected chi connectivity index (χ0v) is 54.8. The molecule has 5 aliphatic rings. The Bertz CT molecular complexity index is 3730. The lowest BCUT2D eigenvalue weighted by atomic mass is 9.49. The average Bonchev–Trinajstić information content (AvgIpc) is 0.901. The van der Waals surface area contributed by atoms with E-state index in [1.54, 1.807) is 78.9 Å². The van der Waals surface area contributed by atoms with Gasteiger partial charge in [-0.05, 0) is 86.4 Å². The summed E-state index contributed by atoms with van der Waals surface area (Å²) in [7, 11) is 0. The zero-order chi connectivity index (χ0) is 69.9. The van der Waals surface area contributed by atoms with E-state index in [0.717, 1.165) is 30.9 Å². The molecule has 2 bridgehead atoms. The Morgan fingerprint density at radius 3 is 2.03 bits per heavy atom. The lowest BCUT2D eigenvalue weighted by Crippen LogP contribution is -2.79. The number of Topliss-reactive ketones (excluding diaryl/α,β-unsaturated/α-hetero) is 1. The summed E-state index contributed by atoms with van der Waals surface area (Å²) in [5.74, 6) is -11.7. The van der Waals surface area contributed by atoms with Gasteiger partial charge in [0.1, 0.15) is 35.7 Å². The molecular weight excluding hydrogens is 1250 g/mol. The number of carbonyl (C=O) groups excluding carboxylic acids is 11. The van der Waals surface area contributed by atoms with Crippen molar-refractivity contribution in [1.29, 1.82) is 0 Å². The number of nitrogens with zero attached hydrogens (tertiary/aromatic N) is 2. The van der Waals surface area contributed by atoms with Gasteiger partial charge in [0.15, 0.2) is 17.5 Å². The van der Waals surface area contributed by atoms with E-state index in [2.05, 4.69) is 16.0 Å². The van der Waals surface area contributed by atoms with Crippen molar-refractivity contribution in [2.45, 2.75) is 140 Å². The number of hydrogen-bond donors (Lipinski definition) is 6. The highest BCUT2D eigenvalue weighted by molar-refractivity contribution is 6.13.